The first-order chi connectivity index (χ1) is 5.27. The Bertz CT molecular complexity index is 292. The predicted molar refractivity (Wildman–Crippen MR) is 44.3 cm³/mol. The van der Waals surface area contributed by atoms with Gasteiger partial charge in [-0.2, -0.15) is 0 Å². The van der Waals surface area contributed by atoms with Crippen LogP contribution in [0.3, 0.4) is 0 Å². The van der Waals surface area contributed by atoms with E-state index in [2.05, 4.69) is 10.4 Å². The van der Waals surface area contributed by atoms with E-state index >= 15 is 0 Å². The summed E-state index contributed by atoms with van der Waals surface area (Å²) in [6, 6.07) is 1.44. The average Bonchev–Trinajstić information content (AvgIpc) is 2.04. The third kappa shape index (κ3) is 1.59. The molecule has 0 spiro atoms. The van der Waals surface area contributed by atoms with Gasteiger partial charge >= 0.3 is 0 Å². The number of aryl methyl sites for hydroxylation is 1. The summed E-state index contributed by atoms with van der Waals surface area (Å²) < 4.78 is 0. The molecule has 1 rings (SSSR count). The van der Waals surface area contributed by atoms with Crippen molar-refractivity contribution in [2.45, 2.75) is 13.3 Å². The first kappa shape index (κ1) is 7.81. The number of hydrazine groups is 1. The van der Waals surface area contributed by atoms with Crippen LogP contribution < -0.4 is 16.8 Å². The quantitative estimate of drug-likeness (QED) is 0.420. The fourth-order valence-corrected chi connectivity index (χ4v) is 0.928. The van der Waals surface area contributed by atoms with Crippen LogP contribution in [0.5, 0.6) is 0 Å². The normalized spacial score (nSPS) is 9.64. The van der Waals surface area contributed by atoms with Gasteiger partial charge in [-0.05, 0) is 12.0 Å². The molecule has 1 aromatic heterocycles. The summed E-state index contributed by atoms with van der Waals surface area (Å²) in [4.78, 5) is 13.3. The molecule has 4 nitrogen and oxygen atoms in total. The first-order valence-corrected chi connectivity index (χ1v) is 3.46. The van der Waals surface area contributed by atoms with E-state index in [1.54, 1.807) is 6.20 Å². The molecule has 1 heterocycles. The van der Waals surface area contributed by atoms with Crippen molar-refractivity contribution < 1.29 is 0 Å². The number of hydrogen-bond acceptors (Lipinski definition) is 3. The fourth-order valence-electron chi connectivity index (χ4n) is 0.928. The van der Waals surface area contributed by atoms with E-state index in [-0.39, 0.29) is 5.56 Å². The molecule has 0 saturated carbocycles. The molecule has 0 amide bonds. The van der Waals surface area contributed by atoms with Gasteiger partial charge in [0.1, 0.15) is 0 Å². The molecule has 0 aliphatic heterocycles. The number of anilines is 1. The van der Waals surface area contributed by atoms with Gasteiger partial charge < -0.3 is 10.4 Å². The van der Waals surface area contributed by atoms with Crippen LogP contribution in [0.4, 0.5) is 5.69 Å². The number of aromatic nitrogens is 1. The Morgan fingerprint density at radius 1 is 1.73 bits per heavy atom. The minimum absolute atomic E-state index is 0.143. The van der Waals surface area contributed by atoms with E-state index in [1.807, 2.05) is 6.92 Å². The molecule has 1 aromatic rings. The summed E-state index contributed by atoms with van der Waals surface area (Å²) in [6.07, 6.45) is 2.51. The molecule has 0 radical (unpaired) electrons. The number of nitrogens with two attached hydrogens (primary N) is 1. The lowest BCUT2D eigenvalue weighted by Gasteiger charge is -2.03. The molecule has 0 unspecified atom stereocenters. The first-order valence-electron chi connectivity index (χ1n) is 3.46. The Morgan fingerprint density at radius 2 is 2.45 bits per heavy atom. The molecule has 11 heavy (non-hydrogen) atoms. The van der Waals surface area contributed by atoms with Gasteiger partial charge in [-0.25, -0.2) is 0 Å². The third-order valence-electron chi connectivity index (χ3n) is 1.55. The molecule has 0 bridgehead atoms. The molecule has 0 aliphatic rings. The number of nitrogens with one attached hydrogen (secondary N) is 2. The fraction of sp³-hybridized carbons (Fsp3) is 0.286. The maximum absolute atomic E-state index is 10.8. The Hall–Kier alpha value is -1.29. The second-order valence-electron chi connectivity index (χ2n) is 2.23. The summed E-state index contributed by atoms with van der Waals surface area (Å²) in [5.41, 5.74) is 4.02. The summed E-state index contributed by atoms with van der Waals surface area (Å²) in [5, 5.41) is 0. The van der Waals surface area contributed by atoms with Crippen molar-refractivity contribution >= 4 is 5.69 Å². The highest BCUT2D eigenvalue weighted by atomic mass is 16.1. The largest absolute Gasteiger partial charge is 0.329 e. The second-order valence-corrected chi connectivity index (χ2v) is 2.23. The molecule has 4 N–H and O–H groups in total. The third-order valence-corrected chi connectivity index (χ3v) is 1.55. The zero-order chi connectivity index (χ0) is 8.27. The Kier molecular flexibility index (Phi) is 2.28. The average molecular weight is 153 g/mol. The van der Waals surface area contributed by atoms with Crippen molar-refractivity contribution in [3.63, 3.8) is 0 Å². The minimum atomic E-state index is -0.143. The van der Waals surface area contributed by atoms with Crippen molar-refractivity contribution in [2.75, 3.05) is 5.43 Å². The van der Waals surface area contributed by atoms with Crippen LogP contribution in [0.25, 0.3) is 0 Å². The van der Waals surface area contributed by atoms with E-state index in [1.165, 1.54) is 6.07 Å². The zero-order valence-corrected chi connectivity index (χ0v) is 6.35. The van der Waals surface area contributed by atoms with E-state index in [9.17, 15) is 4.79 Å². The number of H-pyrrole nitrogens is 1. The molecule has 0 fully saturated rings. The van der Waals surface area contributed by atoms with Crippen molar-refractivity contribution in [3.05, 3.63) is 28.2 Å². The van der Waals surface area contributed by atoms with E-state index < -0.39 is 0 Å². The van der Waals surface area contributed by atoms with Gasteiger partial charge in [-0.1, -0.05) is 6.92 Å². The molecule has 4 heteroatoms. The maximum atomic E-state index is 10.8. The number of rotatable bonds is 2. The van der Waals surface area contributed by atoms with Gasteiger partial charge in [0.25, 0.3) is 0 Å². The number of hydrogen-bond donors (Lipinski definition) is 3. The standard InChI is InChI=1S/C7H11N3O/c1-2-5-4-9-7(11)3-6(5)10-8/h3-4H,2,8H2,1H3,(H2,9,10,11). The Labute approximate surface area is 64.4 Å². The van der Waals surface area contributed by atoms with E-state index in [0.29, 0.717) is 5.69 Å². The molecule has 0 aromatic carbocycles. The number of nitrogen functional groups attached to an aromatic ring is 1. The lowest BCUT2D eigenvalue weighted by atomic mass is 10.2. The van der Waals surface area contributed by atoms with Gasteiger partial charge in [0.05, 0.1) is 5.69 Å². The van der Waals surface area contributed by atoms with Crippen molar-refractivity contribution in [3.8, 4) is 0 Å². The smallest absolute Gasteiger partial charge is 0.250 e. The van der Waals surface area contributed by atoms with Gasteiger partial charge in [0.2, 0.25) is 5.56 Å². The second kappa shape index (κ2) is 3.21. The molecular weight excluding hydrogens is 142 g/mol. The molecule has 0 saturated heterocycles. The summed E-state index contributed by atoms with van der Waals surface area (Å²) in [6.45, 7) is 1.99. The minimum Gasteiger partial charge on any atom is -0.329 e. The van der Waals surface area contributed by atoms with Crippen LogP contribution in [0.2, 0.25) is 0 Å². The number of aromatic amines is 1. The van der Waals surface area contributed by atoms with Crippen molar-refractivity contribution in [1.82, 2.24) is 4.98 Å². The lowest BCUT2D eigenvalue weighted by molar-refractivity contribution is 1.08. The number of pyridine rings is 1. The van der Waals surface area contributed by atoms with E-state index in [4.69, 9.17) is 5.84 Å². The Morgan fingerprint density at radius 3 is 3.00 bits per heavy atom. The van der Waals surface area contributed by atoms with E-state index in [0.717, 1.165) is 12.0 Å². The topological polar surface area (TPSA) is 70.9 Å². The van der Waals surface area contributed by atoms with Crippen molar-refractivity contribution in [2.24, 2.45) is 5.84 Å². The van der Waals surface area contributed by atoms with Crippen LogP contribution in [-0.4, -0.2) is 4.98 Å². The van der Waals surface area contributed by atoms with Crippen LogP contribution in [-0.2, 0) is 6.42 Å². The monoisotopic (exact) mass is 153 g/mol. The maximum Gasteiger partial charge on any atom is 0.250 e. The van der Waals surface area contributed by atoms with Crippen molar-refractivity contribution in [1.29, 1.82) is 0 Å². The summed E-state index contributed by atoms with van der Waals surface area (Å²) in [5.74, 6) is 5.19. The highest BCUT2D eigenvalue weighted by Crippen LogP contribution is 2.09. The zero-order valence-electron chi connectivity index (χ0n) is 6.35. The van der Waals surface area contributed by atoms with Gasteiger partial charge in [0, 0.05) is 12.3 Å². The summed E-state index contributed by atoms with van der Waals surface area (Å²) >= 11 is 0. The lowest BCUT2D eigenvalue weighted by Crippen LogP contribution is -2.14. The highest BCUT2D eigenvalue weighted by Gasteiger charge is 1.97. The van der Waals surface area contributed by atoms with Crippen LogP contribution >= 0.6 is 0 Å². The molecule has 60 valence electrons. The van der Waals surface area contributed by atoms with Crippen LogP contribution in [0.1, 0.15) is 12.5 Å². The van der Waals surface area contributed by atoms with Gasteiger partial charge in [-0.15, -0.1) is 0 Å². The van der Waals surface area contributed by atoms with Gasteiger partial charge in [0.15, 0.2) is 0 Å². The predicted octanol–water partition coefficient (Wildman–Crippen LogP) is 0.223. The molecule has 0 atom stereocenters. The Balaban J connectivity index is 3.16. The summed E-state index contributed by atoms with van der Waals surface area (Å²) in [7, 11) is 0. The van der Waals surface area contributed by atoms with Crippen LogP contribution in [0, 0.1) is 0 Å². The van der Waals surface area contributed by atoms with Gasteiger partial charge in [-0.3, -0.25) is 10.6 Å². The molecule has 0 aliphatic carbocycles. The van der Waals surface area contributed by atoms with Crippen LogP contribution in [0.15, 0.2) is 17.1 Å². The SMILES string of the molecule is CCc1c[nH]c(=O)cc1NN. The molecular formula is C7H11N3O. The highest BCUT2D eigenvalue weighted by molar-refractivity contribution is 5.47.